The van der Waals surface area contributed by atoms with Gasteiger partial charge in [-0.3, -0.25) is 0 Å². The first kappa shape index (κ1) is 16.7. The van der Waals surface area contributed by atoms with Gasteiger partial charge in [0.1, 0.15) is 11.5 Å². The molecule has 0 aromatic rings. The van der Waals surface area contributed by atoms with Crippen molar-refractivity contribution in [3.05, 3.63) is 0 Å². The summed E-state index contributed by atoms with van der Waals surface area (Å²) in [7, 11) is 0. The molecular formula is C6H16NaOS. The zero-order valence-corrected chi connectivity index (χ0v) is 9.62. The molecule has 3 heteroatoms. The molecule has 0 aromatic heterocycles. The van der Waals surface area contributed by atoms with E-state index in [4.69, 9.17) is 0 Å². The standard InChI is InChI=1S/C6H14S.Na.H2O/c1-3-5-7-6-4-2;;/h3-6H2,1-2H3;;1H2. The van der Waals surface area contributed by atoms with Crippen molar-refractivity contribution >= 4 is 41.3 Å². The molecule has 0 fully saturated rings. The smallest absolute Gasteiger partial charge is 0.105 e. The third kappa shape index (κ3) is 17.6. The molecular weight excluding hydrogens is 143 g/mol. The molecule has 0 atom stereocenters. The zero-order chi connectivity index (χ0) is 5.54. The quantitative estimate of drug-likeness (QED) is 0.261. The summed E-state index contributed by atoms with van der Waals surface area (Å²) in [6.45, 7) is 4.48. The van der Waals surface area contributed by atoms with E-state index in [1.165, 1.54) is 24.3 Å². The Morgan fingerprint density at radius 2 is 1.33 bits per heavy atom. The van der Waals surface area contributed by atoms with Crippen LogP contribution in [0.5, 0.6) is 0 Å². The first-order chi connectivity index (χ1) is 3.41. The zero-order valence-electron chi connectivity index (χ0n) is 6.72. The van der Waals surface area contributed by atoms with Crippen LogP contribution in [0.25, 0.3) is 0 Å². The molecule has 0 aliphatic heterocycles. The van der Waals surface area contributed by atoms with Gasteiger partial charge in [0.05, 0.1) is 0 Å². The van der Waals surface area contributed by atoms with Crippen molar-refractivity contribution in [2.45, 2.75) is 26.7 Å². The molecule has 53 valence electrons. The van der Waals surface area contributed by atoms with E-state index in [0.29, 0.717) is 0 Å². The average molecular weight is 159 g/mol. The van der Waals surface area contributed by atoms with Gasteiger partial charge in [-0.1, -0.05) is 13.8 Å². The second-order valence-electron chi connectivity index (χ2n) is 1.67. The van der Waals surface area contributed by atoms with Crippen LogP contribution in [0.1, 0.15) is 26.7 Å². The largest absolute Gasteiger partial charge is 0.870 e. The predicted molar refractivity (Wildman–Crippen MR) is 46.8 cm³/mol. The van der Waals surface area contributed by atoms with Gasteiger partial charge in [0.2, 0.25) is 0 Å². The predicted octanol–water partition coefficient (Wildman–Crippen LogP) is 1.06. The number of thiol groups is 1. The van der Waals surface area contributed by atoms with Crippen LogP contribution in [0, 0.1) is 0 Å². The van der Waals surface area contributed by atoms with E-state index in [0.717, 1.165) is 0 Å². The van der Waals surface area contributed by atoms with Gasteiger partial charge in [-0.15, -0.1) is 0 Å². The van der Waals surface area contributed by atoms with Crippen LogP contribution in [-0.4, -0.2) is 46.5 Å². The molecule has 0 spiro atoms. The van der Waals surface area contributed by atoms with Gasteiger partial charge in [-0.2, -0.15) is 0 Å². The van der Waals surface area contributed by atoms with Crippen LogP contribution in [0.15, 0.2) is 0 Å². The van der Waals surface area contributed by atoms with Crippen molar-refractivity contribution < 1.29 is 5.48 Å². The molecule has 0 bridgehead atoms. The van der Waals surface area contributed by atoms with Gasteiger partial charge in [0, 0.05) is 29.6 Å². The van der Waals surface area contributed by atoms with Gasteiger partial charge in [-0.05, 0) is 24.6 Å². The maximum Gasteiger partial charge on any atom is 0.105 e. The molecule has 9 heavy (non-hydrogen) atoms. The number of hydrogen-bond acceptors (Lipinski definition) is 1. The van der Waals surface area contributed by atoms with Crippen LogP contribution in [0.3, 0.4) is 0 Å². The molecule has 0 aromatic carbocycles. The van der Waals surface area contributed by atoms with Crippen LogP contribution in [-0.2, 0) is 11.8 Å². The Morgan fingerprint density at radius 3 is 1.56 bits per heavy atom. The number of rotatable bonds is 4. The number of hydrogen-bond donors (Lipinski definition) is 0. The minimum atomic E-state index is 0. The summed E-state index contributed by atoms with van der Waals surface area (Å²) in [6.07, 6.45) is 2.70. The van der Waals surface area contributed by atoms with E-state index < -0.39 is 0 Å². The normalized spacial score (nSPS) is 7.33. The first-order valence-corrected chi connectivity index (χ1v) is 4.31. The van der Waals surface area contributed by atoms with E-state index in [9.17, 15) is 0 Å². The molecule has 0 saturated carbocycles. The summed E-state index contributed by atoms with van der Waals surface area (Å²) in [4.78, 5) is 0. The summed E-state index contributed by atoms with van der Waals surface area (Å²) in [6, 6.07) is 0. The Balaban J connectivity index is -0.000000180. The Morgan fingerprint density at radius 1 is 1.00 bits per heavy atom. The molecule has 0 amide bonds. The van der Waals surface area contributed by atoms with E-state index in [1.54, 1.807) is 11.8 Å². The van der Waals surface area contributed by atoms with Crippen LogP contribution in [0.2, 0.25) is 0 Å². The van der Waals surface area contributed by atoms with E-state index in [2.05, 4.69) is 13.8 Å². The summed E-state index contributed by atoms with van der Waals surface area (Å²) in [5.41, 5.74) is 0. The van der Waals surface area contributed by atoms with Crippen molar-refractivity contribution in [3.8, 4) is 0 Å². The topological polar surface area (TPSA) is 30.0 Å². The van der Waals surface area contributed by atoms with Gasteiger partial charge in [-0.25, -0.2) is 0 Å². The second-order valence-corrected chi connectivity index (χ2v) is 3.01. The van der Waals surface area contributed by atoms with Crippen LogP contribution >= 0.6 is 0 Å². The maximum absolute atomic E-state index is 2.24. The molecule has 0 heterocycles. The Kier molecular flexibility index (Phi) is 30.0. The molecule has 0 unspecified atom stereocenters. The summed E-state index contributed by atoms with van der Waals surface area (Å²) < 4.78 is 0. The molecule has 0 rings (SSSR count). The fourth-order valence-corrected chi connectivity index (χ4v) is 1.28. The average Bonchev–Trinajstić information content (AvgIpc) is 1.69. The second kappa shape index (κ2) is 16.1. The Bertz CT molecular complexity index is 32.2. The van der Waals surface area contributed by atoms with E-state index in [-0.39, 0.29) is 35.0 Å². The third-order valence-electron chi connectivity index (χ3n) is 0.763. The van der Waals surface area contributed by atoms with Gasteiger partial charge >= 0.3 is 0 Å². The first-order valence-electron chi connectivity index (χ1n) is 3.05. The van der Waals surface area contributed by atoms with Crippen molar-refractivity contribution in [1.82, 2.24) is 0 Å². The van der Waals surface area contributed by atoms with Crippen molar-refractivity contribution in [2.75, 3.05) is 11.5 Å². The monoisotopic (exact) mass is 159 g/mol. The third-order valence-corrected chi connectivity index (χ3v) is 2.29. The molecule has 1 radical (unpaired) electrons. The molecule has 0 aliphatic rings. The van der Waals surface area contributed by atoms with Crippen molar-refractivity contribution in [3.63, 3.8) is 0 Å². The summed E-state index contributed by atoms with van der Waals surface area (Å²) in [5.74, 6) is 2.79. The maximum atomic E-state index is 2.24. The van der Waals surface area contributed by atoms with Crippen molar-refractivity contribution in [2.24, 2.45) is 0 Å². The van der Waals surface area contributed by atoms with Crippen LogP contribution in [0.4, 0.5) is 0 Å². The molecule has 1 nitrogen and oxygen atoms in total. The molecule has 0 aliphatic carbocycles. The summed E-state index contributed by atoms with van der Waals surface area (Å²) >= 11 is 1.64. The molecule has 0 saturated heterocycles. The fourth-order valence-electron chi connectivity index (χ4n) is 0.428. The van der Waals surface area contributed by atoms with E-state index >= 15 is 0 Å². The minimum Gasteiger partial charge on any atom is -0.870 e. The van der Waals surface area contributed by atoms with Gasteiger partial charge < -0.3 is 5.48 Å². The Hall–Kier alpha value is 1.31. The fraction of sp³-hybridized carbons (Fsp3) is 1.00. The Labute approximate surface area is 84.6 Å². The SMILES string of the molecule is CCC[SH+]CCC.[Na].[OH-]. The van der Waals surface area contributed by atoms with Crippen molar-refractivity contribution in [1.29, 1.82) is 0 Å². The summed E-state index contributed by atoms with van der Waals surface area (Å²) in [5, 5.41) is 0. The van der Waals surface area contributed by atoms with Crippen LogP contribution < -0.4 is 0 Å². The molecule has 1 N–H and O–H groups in total. The van der Waals surface area contributed by atoms with Gasteiger partial charge in [0.15, 0.2) is 0 Å². The van der Waals surface area contributed by atoms with E-state index in [1.807, 2.05) is 0 Å². The minimum absolute atomic E-state index is 0. The van der Waals surface area contributed by atoms with Gasteiger partial charge in [0.25, 0.3) is 0 Å².